The summed E-state index contributed by atoms with van der Waals surface area (Å²) in [6.45, 7) is 5.43. The molecule has 0 spiro atoms. The molecule has 2 atom stereocenters. The molecule has 3 N–H and O–H groups in total. The smallest absolute Gasteiger partial charge is 0.349 e. The molecule has 0 aliphatic heterocycles. The number of hydrazine groups is 1. The van der Waals surface area contributed by atoms with Gasteiger partial charge in [-0.15, -0.1) is 0 Å². The number of aliphatic carboxylic acids is 1. The Morgan fingerprint density at radius 2 is 0.947 bits per heavy atom. The van der Waals surface area contributed by atoms with E-state index in [1.165, 1.54) is 36.4 Å². The third-order valence-corrected chi connectivity index (χ3v) is 5.43. The lowest BCUT2D eigenvalue weighted by Gasteiger charge is -2.23. The summed E-state index contributed by atoms with van der Waals surface area (Å²) in [6, 6.07) is 18.6. The van der Waals surface area contributed by atoms with Crippen LogP contribution in [-0.4, -0.2) is 47.0 Å². The number of carboxylic acids is 1. The van der Waals surface area contributed by atoms with Crippen LogP contribution in [0.1, 0.15) is 47.8 Å². The molecule has 0 aliphatic carbocycles. The molecule has 0 saturated heterocycles. The topological polar surface area (TPSA) is 148 Å². The molecular weight excluding hydrogens is 492 g/mol. The van der Waals surface area contributed by atoms with Crippen LogP contribution >= 0.6 is 0 Å². The lowest BCUT2D eigenvalue weighted by atomic mass is 10.1. The summed E-state index contributed by atoms with van der Waals surface area (Å²) in [5.74, 6) is -5.76. The monoisotopic (exact) mass is 518 g/mol. The SMILES string of the molecule is Cc1ccc(C(=O)NNC(=O)[C@H](OC(=O)c2ccc(C)cc2)[C@H](OC(=O)c2ccc(C)cc2)C(=O)O)cc1. The third-order valence-electron chi connectivity index (χ3n) is 5.43. The van der Waals surface area contributed by atoms with Gasteiger partial charge in [-0.3, -0.25) is 20.4 Å². The van der Waals surface area contributed by atoms with E-state index < -0.39 is 41.9 Å². The van der Waals surface area contributed by atoms with Crippen LogP contribution in [0.4, 0.5) is 0 Å². The summed E-state index contributed by atoms with van der Waals surface area (Å²) in [5, 5.41) is 9.80. The van der Waals surface area contributed by atoms with Gasteiger partial charge in [0.15, 0.2) is 0 Å². The molecule has 10 heteroatoms. The number of amides is 2. The first-order valence-corrected chi connectivity index (χ1v) is 11.5. The second-order valence-corrected chi connectivity index (χ2v) is 8.53. The van der Waals surface area contributed by atoms with Crippen LogP contribution in [0, 0.1) is 20.8 Å². The van der Waals surface area contributed by atoms with Crippen molar-refractivity contribution in [2.75, 3.05) is 0 Å². The van der Waals surface area contributed by atoms with Crippen molar-refractivity contribution in [3.63, 3.8) is 0 Å². The van der Waals surface area contributed by atoms with Gasteiger partial charge in [0.25, 0.3) is 11.8 Å². The van der Waals surface area contributed by atoms with E-state index in [9.17, 15) is 29.1 Å². The number of carbonyl (C=O) groups excluding carboxylic acids is 4. The van der Waals surface area contributed by atoms with E-state index in [0.29, 0.717) is 0 Å². The number of rotatable bonds is 8. The summed E-state index contributed by atoms with van der Waals surface area (Å²) in [4.78, 5) is 62.9. The van der Waals surface area contributed by atoms with Crippen molar-refractivity contribution >= 4 is 29.7 Å². The molecule has 0 radical (unpaired) electrons. The highest BCUT2D eigenvalue weighted by molar-refractivity contribution is 5.99. The first-order chi connectivity index (χ1) is 18.0. The minimum Gasteiger partial charge on any atom is -0.478 e. The number of hydrogen-bond donors (Lipinski definition) is 3. The minimum absolute atomic E-state index is 0.0264. The second-order valence-electron chi connectivity index (χ2n) is 8.53. The summed E-state index contributed by atoms with van der Waals surface area (Å²) < 4.78 is 10.3. The van der Waals surface area contributed by atoms with E-state index in [0.717, 1.165) is 16.7 Å². The summed E-state index contributed by atoms with van der Waals surface area (Å²) in [5.41, 5.74) is 7.07. The molecule has 38 heavy (non-hydrogen) atoms. The van der Waals surface area contributed by atoms with Crippen molar-refractivity contribution < 1.29 is 38.6 Å². The molecule has 0 aliphatic rings. The highest BCUT2D eigenvalue weighted by Crippen LogP contribution is 2.14. The molecule has 0 unspecified atom stereocenters. The predicted octanol–water partition coefficient (Wildman–Crippen LogP) is 2.91. The lowest BCUT2D eigenvalue weighted by molar-refractivity contribution is -0.159. The molecule has 0 aromatic heterocycles. The maximum Gasteiger partial charge on any atom is 0.349 e. The lowest BCUT2D eigenvalue weighted by Crippen LogP contribution is -2.54. The summed E-state index contributed by atoms with van der Waals surface area (Å²) >= 11 is 0. The quantitative estimate of drug-likeness (QED) is 0.305. The van der Waals surface area contributed by atoms with Crippen LogP contribution in [0.25, 0.3) is 0 Å². The van der Waals surface area contributed by atoms with Gasteiger partial charge in [-0.25, -0.2) is 14.4 Å². The molecular formula is C28H26N2O8. The first kappa shape index (κ1) is 27.6. The van der Waals surface area contributed by atoms with Gasteiger partial charge in [0.1, 0.15) is 0 Å². The van der Waals surface area contributed by atoms with Gasteiger partial charge >= 0.3 is 17.9 Å². The number of aryl methyl sites for hydroxylation is 3. The Kier molecular flexibility index (Phi) is 8.94. The van der Waals surface area contributed by atoms with Gasteiger partial charge < -0.3 is 14.6 Å². The molecule has 3 aromatic carbocycles. The van der Waals surface area contributed by atoms with Crippen LogP contribution in [0.3, 0.4) is 0 Å². The van der Waals surface area contributed by atoms with Gasteiger partial charge in [-0.2, -0.15) is 0 Å². The Bertz CT molecular complexity index is 1330. The fourth-order valence-corrected chi connectivity index (χ4v) is 3.21. The third kappa shape index (κ3) is 7.26. The number of benzene rings is 3. The van der Waals surface area contributed by atoms with Gasteiger partial charge in [-0.1, -0.05) is 53.1 Å². The van der Waals surface area contributed by atoms with Crippen molar-refractivity contribution in [2.45, 2.75) is 33.0 Å². The largest absolute Gasteiger partial charge is 0.478 e. The van der Waals surface area contributed by atoms with Crippen molar-refractivity contribution in [3.05, 3.63) is 106 Å². The second kappa shape index (κ2) is 12.3. The average molecular weight is 519 g/mol. The Morgan fingerprint density at radius 1 is 0.579 bits per heavy atom. The van der Waals surface area contributed by atoms with E-state index in [1.54, 1.807) is 50.2 Å². The molecule has 0 bridgehead atoms. The maximum absolute atomic E-state index is 13.0. The van der Waals surface area contributed by atoms with E-state index >= 15 is 0 Å². The van der Waals surface area contributed by atoms with E-state index in [1.807, 2.05) is 12.3 Å². The zero-order chi connectivity index (χ0) is 27.8. The number of carboxylic acid groups (broad SMARTS) is 1. The van der Waals surface area contributed by atoms with Crippen LogP contribution in [0.5, 0.6) is 0 Å². The van der Waals surface area contributed by atoms with Gasteiger partial charge in [0, 0.05) is 5.56 Å². The molecule has 2 amide bonds. The number of esters is 2. The Hall–Kier alpha value is -4.99. The zero-order valence-electron chi connectivity index (χ0n) is 20.9. The number of nitrogens with one attached hydrogen (secondary N) is 2. The normalized spacial score (nSPS) is 12.0. The van der Waals surface area contributed by atoms with Crippen molar-refractivity contribution in [1.29, 1.82) is 0 Å². The van der Waals surface area contributed by atoms with E-state index in [4.69, 9.17) is 9.47 Å². The number of hydrogen-bond acceptors (Lipinski definition) is 7. The Morgan fingerprint density at radius 3 is 1.34 bits per heavy atom. The van der Waals surface area contributed by atoms with Crippen LogP contribution in [0.2, 0.25) is 0 Å². The van der Waals surface area contributed by atoms with E-state index in [2.05, 4.69) is 5.43 Å². The summed E-state index contributed by atoms with van der Waals surface area (Å²) in [6.07, 6.45) is -4.37. The zero-order valence-corrected chi connectivity index (χ0v) is 20.9. The summed E-state index contributed by atoms with van der Waals surface area (Å²) in [7, 11) is 0. The molecule has 196 valence electrons. The fraction of sp³-hybridized carbons (Fsp3) is 0.179. The highest BCUT2D eigenvalue weighted by Gasteiger charge is 2.41. The Labute approximate surface area is 218 Å². The molecule has 3 aromatic rings. The number of carbonyl (C=O) groups is 5. The highest BCUT2D eigenvalue weighted by atomic mass is 16.6. The molecule has 0 heterocycles. The fourth-order valence-electron chi connectivity index (χ4n) is 3.21. The first-order valence-electron chi connectivity index (χ1n) is 11.5. The van der Waals surface area contributed by atoms with Crippen LogP contribution in [0.15, 0.2) is 72.8 Å². The Balaban J connectivity index is 1.84. The maximum atomic E-state index is 13.0. The van der Waals surface area contributed by atoms with Crippen LogP contribution in [-0.2, 0) is 19.1 Å². The minimum atomic E-state index is -2.23. The molecule has 10 nitrogen and oxygen atoms in total. The van der Waals surface area contributed by atoms with Gasteiger partial charge in [0.05, 0.1) is 11.1 Å². The predicted molar refractivity (Wildman–Crippen MR) is 135 cm³/mol. The molecule has 3 rings (SSSR count). The van der Waals surface area contributed by atoms with E-state index in [-0.39, 0.29) is 16.7 Å². The van der Waals surface area contributed by atoms with Gasteiger partial charge in [-0.05, 0) is 57.2 Å². The molecule has 0 fully saturated rings. The standard InChI is InChI=1S/C28H26N2O8/c1-16-4-10-19(11-5-16)24(31)29-30-25(32)22(37-27(35)20-12-6-17(2)7-13-20)23(26(33)34)38-28(36)21-14-8-18(3)9-15-21/h4-15,22-23H,1-3H3,(H,29,31)(H,30,32)(H,33,34)/t22-,23+/m1/s1. The van der Waals surface area contributed by atoms with Crippen molar-refractivity contribution in [2.24, 2.45) is 0 Å². The molecule has 0 saturated carbocycles. The van der Waals surface area contributed by atoms with Gasteiger partial charge in [0.2, 0.25) is 12.2 Å². The average Bonchev–Trinajstić information content (AvgIpc) is 2.89. The number of ether oxygens (including phenoxy) is 2. The van der Waals surface area contributed by atoms with Crippen molar-refractivity contribution in [1.82, 2.24) is 10.9 Å². The van der Waals surface area contributed by atoms with Crippen molar-refractivity contribution in [3.8, 4) is 0 Å². The van der Waals surface area contributed by atoms with Crippen LogP contribution < -0.4 is 10.9 Å².